The van der Waals surface area contributed by atoms with Crippen LogP contribution < -0.4 is 0 Å². The van der Waals surface area contributed by atoms with Crippen LogP contribution in [0, 0.1) is 23.2 Å². The maximum absolute atomic E-state index is 12.6. The van der Waals surface area contributed by atoms with Gasteiger partial charge in [-0.3, -0.25) is 4.79 Å². The van der Waals surface area contributed by atoms with Crippen molar-refractivity contribution in [3.05, 3.63) is 0 Å². The second-order valence-corrected chi connectivity index (χ2v) is 7.19. The molecule has 0 aromatic carbocycles. The van der Waals surface area contributed by atoms with Crippen LogP contribution >= 0.6 is 0 Å². The van der Waals surface area contributed by atoms with Gasteiger partial charge in [-0.15, -0.1) is 0 Å². The molecule has 0 radical (unpaired) electrons. The molecule has 3 nitrogen and oxygen atoms in total. The van der Waals surface area contributed by atoms with Gasteiger partial charge in [0.15, 0.2) is 0 Å². The van der Waals surface area contributed by atoms with Crippen LogP contribution in [0.15, 0.2) is 0 Å². The Kier molecular flexibility index (Phi) is 3.35. The fourth-order valence-corrected chi connectivity index (χ4v) is 4.09. The van der Waals surface area contributed by atoms with Crippen molar-refractivity contribution in [1.29, 1.82) is 0 Å². The molecule has 2 aliphatic rings. The molecule has 5 atom stereocenters. The standard InChI is InChI=1S/C15H26O3/c1-9-6-5-7-15(4)11(16)8-10(14(2,3)18)12(15)13(9)17/h9-12,16,18H,5-8H2,1-4H3/t9-,10+,11+,12+,15-/m1/s1. The Morgan fingerprint density at radius 2 is 2.00 bits per heavy atom. The van der Waals surface area contributed by atoms with Crippen molar-refractivity contribution in [2.75, 3.05) is 0 Å². The molecule has 18 heavy (non-hydrogen) atoms. The number of carbonyl (C=O) groups excluding carboxylic acids is 1. The summed E-state index contributed by atoms with van der Waals surface area (Å²) in [6, 6.07) is 0. The normalized spacial score (nSPS) is 45.8. The van der Waals surface area contributed by atoms with Gasteiger partial charge in [-0.1, -0.05) is 20.3 Å². The Morgan fingerprint density at radius 1 is 1.39 bits per heavy atom. The maximum atomic E-state index is 12.6. The zero-order valence-electron chi connectivity index (χ0n) is 11.9. The van der Waals surface area contributed by atoms with Crippen LogP contribution in [0.5, 0.6) is 0 Å². The van der Waals surface area contributed by atoms with Crippen molar-refractivity contribution in [3.8, 4) is 0 Å². The molecule has 2 aliphatic carbocycles. The first-order valence-corrected chi connectivity index (χ1v) is 7.12. The zero-order valence-corrected chi connectivity index (χ0v) is 11.9. The van der Waals surface area contributed by atoms with E-state index < -0.39 is 11.7 Å². The van der Waals surface area contributed by atoms with E-state index in [1.165, 1.54) is 0 Å². The number of ketones is 1. The average molecular weight is 254 g/mol. The molecule has 2 rings (SSSR count). The van der Waals surface area contributed by atoms with E-state index in [-0.39, 0.29) is 29.0 Å². The van der Waals surface area contributed by atoms with E-state index in [9.17, 15) is 15.0 Å². The lowest BCUT2D eigenvalue weighted by Gasteiger charge is -2.37. The molecular formula is C15H26O3. The fourth-order valence-electron chi connectivity index (χ4n) is 4.09. The summed E-state index contributed by atoms with van der Waals surface area (Å²) < 4.78 is 0. The number of aliphatic hydroxyl groups is 2. The van der Waals surface area contributed by atoms with Crippen molar-refractivity contribution in [1.82, 2.24) is 0 Å². The number of hydrogen-bond donors (Lipinski definition) is 2. The van der Waals surface area contributed by atoms with Gasteiger partial charge in [0.05, 0.1) is 11.7 Å². The molecule has 2 N–H and O–H groups in total. The predicted molar refractivity (Wildman–Crippen MR) is 70.0 cm³/mol. The predicted octanol–water partition coefficient (Wildman–Crippen LogP) is 2.15. The fraction of sp³-hybridized carbons (Fsp3) is 0.933. The Hall–Kier alpha value is -0.410. The highest BCUT2D eigenvalue weighted by Gasteiger charge is 2.58. The minimum atomic E-state index is -0.900. The van der Waals surface area contributed by atoms with Gasteiger partial charge in [-0.05, 0) is 39.0 Å². The van der Waals surface area contributed by atoms with Crippen LogP contribution in [0.2, 0.25) is 0 Å². The molecular weight excluding hydrogens is 228 g/mol. The van der Waals surface area contributed by atoms with Crippen LogP contribution in [0.25, 0.3) is 0 Å². The van der Waals surface area contributed by atoms with E-state index in [4.69, 9.17) is 0 Å². The summed E-state index contributed by atoms with van der Waals surface area (Å²) in [4.78, 5) is 12.6. The molecule has 0 spiro atoms. The third-order valence-corrected chi connectivity index (χ3v) is 5.40. The van der Waals surface area contributed by atoms with Gasteiger partial charge in [-0.25, -0.2) is 0 Å². The van der Waals surface area contributed by atoms with E-state index in [1.54, 1.807) is 13.8 Å². The smallest absolute Gasteiger partial charge is 0.139 e. The summed E-state index contributed by atoms with van der Waals surface area (Å²) in [6.07, 6.45) is 2.88. The quantitative estimate of drug-likeness (QED) is 0.754. The average Bonchev–Trinajstić information content (AvgIpc) is 2.44. The number of rotatable bonds is 1. The monoisotopic (exact) mass is 254 g/mol. The maximum Gasteiger partial charge on any atom is 0.139 e. The van der Waals surface area contributed by atoms with E-state index in [0.717, 1.165) is 19.3 Å². The Balaban J connectivity index is 2.42. The summed E-state index contributed by atoms with van der Waals surface area (Å²) in [5.41, 5.74) is -1.24. The Morgan fingerprint density at radius 3 is 2.56 bits per heavy atom. The molecule has 104 valence electrons. The summed E-state index contributed by atoms with van der Waals surface area (Å²) in [5, 5.41) is 20.7. The van der Waals surface area contributed by atoms with Crippen molar-refractivity contribution in [2.24, 2.45) is 23.2 Å². The summed E-state index contributed by atoms with van der Waals surface area (Å²) >= 11 is 0. The van der Waals surface area contributed by atoms with E-state index in [1.807, 2.05) is 13.8 Å². The molecule has 2 fully saturated rings. The largest absolute Gasteiger partial charge is 0.393 e. The van der Waals surface area contributed by atoms with Crippen LogP contribution in [0.1, 0.15) is 53.4 Å². The molecule has 3 heteroatoms. The number of Topliss-reactive ketones (excluding diaryl/α,β-unsaturated/α-hetero) is 1. The van der Waals surface area contributed by atoms with Gasteiger partial charge < -0.3 is 10.2 Å². The SMILES string of the molecule is C[C@@H]1CCC[C@@]2(C)[C@H](C1=O)[C@@H](C(C)(C)O)C[C@@H]2O. The van der Waals surface area contributed by atoms with Gasteiger partial charge in [0.1, 0.15) is 5.78 Å². The van der Waals surface area contributed by atoms with Crippen LogP contribution in [-0.2, 0) is 4.79 Å². The number of aliphatic hydroxyl groups excluding tert-OH is 1. The Bertz CT molecular complexity index is 344. The first kappa shape index (κ1) is 14.0. The van der Waals surface area contributed by atoms with Crippen LogP contribution in [0.3, 0.4) is 0 Å². The lowest BCUT2D eigenvalue weighted by Crippen LogP contribution is -2.43. The molecule has 0 amide bonds. The minimum absolute atomic E-state index is 0.0620. The third-order valence-electron chi connectivity index (χ3n) is 5.40. The second kappa shape index (κ2) is 4.31. The second-order valence-electron chi connectivity index (χ2n) is 7.19. The van der Waals surface area contributed by atoms with Gasteiger partial charge in [0.2, 0.25) is 0 Å². The van der Waals surface area contributed by atoms with E-state index in [0.29, 0.717) is 6.42 Å². The number of fused-ring (bicyclic) bond motifs is 1. The van der Waals surface area contributed by atoms with E-state index >= 15 is 0 Å². The van der Waals surface area contributed by atoms with Crippen molar-refractivity contribution in [3.63, 3.8) is 0 Å². The molecule has 0 aromatic rings. The van der Waals surface area contributed by atoms with Gasteiger partial charge >= 0.3 is 0 Å². The number of carbonyl (C=O) groups is 1. The zero-order chi connectivity index (χ0) is 13.7. The molecule has 0 unspecified atom stereocenters. The van der Waals surface area contributed by atoms with Crippen molar-refractivity contribution >= 4 is 5.78 Å². The first-order valence-electron chi connectivity index (χ1n) is 7.12. The summed E-state index contributed by atoms with van der Waals surface area (Å²) in [6.45, 7) is 7.54. The van der Waals surface area contributed by atoms with Crippen LogP contribution in [-0.4, -0.2) is 27.7 Å². The highest BCUT2D eigenvalue weighted by atomic mass is 16.3. The van der Waals surface area contributed by atoms with Crippen molar-refractivity contribution in [2.45, 2.75) is 65.1 Å². The third kappa shape index (κ3) is 2.01. The van der Waals surface area contributed by atoms with Gasteiger partial charge in [-0.2, -0.15) is 0 Å². The van der Waals surface area contributed by atoms with Gasteiger partial charge in [0, 0.05) is 17.3 Å². The molecule has 0 aliphatic heterocycles. The highest BCUT2D eigenvalue weighted by Crippen LogP contribution is 2.55. The lowest BCUT2D eigenvalue weighted by molar-refractivity contribution is -0.135. The van der Waals surface area contributed by atoms with E-state index in [2.05, 4.69) is 0 Å². The Labute approximate surface area is 110 Å². The highest BCUT2D eigenvalue weighted by molar-refractivity contribution is 5.85. The molecule has 0 heterocycles. The topological polar surface area (TPSA) is 57.5 Å². The number of hydrogen-bond acceptors (Lipinski definition) is 3. The first-order chi connectivity index (χ1) is 8.18. The molecule has 2 saturated carbocycles. The summed E-state index contributed by atoms with van der Waals surface area (Å²) in [7, 11) is 0. The minimum Gasteiger partial charge on any atom is -0.393 e. The summed E-state index contributed by atoms with van der Waals surface area (Å²) in [5.74, 6) is 0.00111. The van der Waals surface area contributed by atoms with Gasteiger partial charge in [0.25, 0.3) is 0 Å². The molecule has 0 saturated heterocycles. The molecule has 0 bridgehead atoms. The molecule has 0 aromatic heterocycles. The lowest BCUT2D eigenvalue weighted by atomic mass is 9.68. The van der Waals surface area contributed by atoms with Crippen molar-refractivity contribution < 1.29 is 15.0 Å². The van der Waals surface area contributed by atoms with Crippen LogP contribution in [0.4, 0.5) is 0 Å².